The molecule has 0 unspecified atom stereocenters. The van der Waals surface area contributed by atoms with Crippen LogP contribution in [0.25, 0.3) is 0 Å². The number of hydrogen-bond donors (Lipinski definition) is 1. The molecular weight excluding hydrogens is 170 g/mol. The summed E-state index contributed by atoms with van der Waals surface area (Å²) in [5.41, 5.74) is 1.40. The van der Waals surface area contributed by atoms with E-state index in [-0.39, 0.29) is 0 Å². The summed E-state index contributed by atoms with van der Waals surface area (Å²) in [6, 6.07) is 0. The highest BCUT2D eigenvalue weighted by atomic mass is 14.8. The van der Waals surface area contributed by atoms with Gasteiger partial charge in [0.15, 0.2) is 0 Å². The first-order valence-corrected chi connectivity index (χ1v) is 5.27. The first kappa shape index (κ1) is 18.9. The molecule has 84 valence electrons. The van der Waals surface area contributed by atoms with Crippen molar-refractivity contribution in [3.63, 3.8) is 0 Å². The van der Waals surface area contributed by atoms with Crippen LogP contribution in [0, 0.1) is 0 Å². The quantitative estimate of drug-likeness (QED) is 0.531. The average Bonchev–Trinajstić information content (AvgIpc) is 2.29. The molecule has 0 heterocycles. The molecule has 0 rings (SSSR count). The molecule has 0 bridgehead atoms. The Balaban J connectivity index is -0.000000266. The van der Waals surface area contributed by atoms with E-state index in [1.165, 1.54) is 5.57 Å². The first-order chi connectivity index (χ1) is 6.85. The lowest BCUT2D eigenvalue weighted by molar-refractivity contribution is 0.793. The van der Waals surface area contributed by atoms with Gasteiger partial charge in [0.1, 0.15) is 0 Å². The Labute approximate surface area is 90.6 Å². The van der Waals surface area contributed by atoms with Crippen LogP contribution >= 0.6 is 0 Å². The summed E-state index contributed by atoms with van der Waals surface area (Å²) in [5.74, 6) is 0. The molecule has 0 spiro atoms. The molecule has 0 aromatic rings. The third kappa shape index (κ3) is 17.3. The topological polar surface area (TPSA) is 12.0 Å². The fraction of sp³-hybridized carbons (Fsp3) is 0.538. The summed E-state index contributed by atoms with van der Waals surface area (Å²) in [6.07, 6.45) is 7.50. The molecule has 1 nitrogen and oxygen atoms in total. The number of nitrogens with one attached hydrogen (secondary N) is 1. The molecule has 1 heteroatoms. The standard InChI is InChI=1S/C9H17N.C2H6.C2H4/c1-4-6-9(5-2)7-8-10-3;2*1-2/h4-6,10H,7-8H2,1-3H3;1-2H3;1-2H2/b6-4-,9-5+;;. The maximum Gasteiger partial charge on any atom is -0.00115 e. The second kappa shape index (κ2) is 22.8. The predicted octanol–water partition coefficient (Wildman–Crippen LogP) is 3.95. The Morgan fingerprint density at radius 3 is 2.00 bits per heavy atom. The van der Waals surface area contributed by atoms with Gasteiger partial charge >= 0.3 is 0 Å². The minimum atomic E-state index is 1.06. The van der Waals surface area contributed by atoms with Crippen LogP contribution in [0.5, 0.6) is 0 Å². The van der Waals surface area contributed by atoms with E-state index in [1.54, 1.807) is 0 Å². The van der Waals surface area contributed by atoms with Crippen LogP contribution in [0.15, 0.2) is 37.0 Å². The second-order valence-electron chi connectivity index (χ2n) is 2.22. The molecule has 0 radical (unpaired) electrons. The normalized spacial score (nSPS) is 9.93. The molecule has 0 atom stereocenters. The second-order valence-corrected chi connectivity index (χ2v) is 2.22. The molecule has 0 fully saturated rings. The van der Waals surface area contributed by atoms with Gasteiger partial charge in [0.2, 0.25) is 0 Å². The number of allylic oxidation sites excluding steroid dienone is 3. The minimum absolute atomic E-state index is 1.06. The fourth-order valence-corrected chi connectivity index (χ4v) is 0.807. The molecule has 0 saturated heterocycles. The van der Waals surface area contributed by atoms with E-state index in [0.717, 1.165) is 13.0 Å². The molecule has 14 heavy (non-hydrogen) atoms. The highest BCUT2D eigenvalue weighted by Gasteiger charge is 1.87. The van der Waals surface area contributed by atoms with E-state index in [1.807, 2.05) is 27.8 Å². The van der Waals surface area contributed by atoms with Gasteiger partial charge in [-0.25, -0.2) is 0 Å². The van der Waals surface area contributed by atoms with Crippen molar-refractivity contribution in [2.75, 3.05) is 13.6 Å². The highest BCUT2D eigenvalue weighted by Crippen LogP contribution is 2.00. The van der Waals surface area contributed by atoms with E-state index in [0.29, 0.717) is 0 Å². The van der Waals surface area contributed by atoms with Crippen LogP contribution in [0.2, 0.25) is 0 Å². The molecule has 0 amide bonds. The van der Waals surface area contributed by atoms with Crippen LogP contribution in [0.1, 0.15) is 34.1 Å². The summed E-state index contributed by atoms with van der Waals surface area (Å²) in [7, 11) is 1.98. The summed E-state index contributed by atoms with van der Waals surface area (Å²) >= 11 is 0. The van der Waals surface area contributed by atoms with Crippen molar-refractivity contribution >= 4 is 0 Å². The van der Waals surface area contributed by atoms with E-state index < -0.39 is 0 Å². The lowest BCUT2D eigenvalue weighted by Crippen LogP contribution is -2.07. The Morgan fingerprint density at radius 2 is 1.71 bits per heavy atom. The van der Waals surface area contributed by atoms with Gasteiger partial charge in [0, 0.05) is 0 Å². The van der Waals surface area contributed by atoms with Crippen molar-refractivity contribution in [1.82, 2.24) is 5.32 Å². The SMILES string of the molecule is C/C=C\C(=C/C)CCNC.C=C.CC. The van der Waals surface area contributed by atoms with Crippen LogP contribution in [0.3, 0.4) is 0 Å². The van der Waals surface area contributed by atoms with Gasteiger partial charge in [0.05, 0.1) is 0 Å². The molecular formula is C13H27N. The Bertz CT molecular complexity index is 134. The van der Waals surface area contributed by atoms with Crippen molar-refractivity contribution < 1.29 is 0 Å². The summed E-state index contributed by atoms with van der Waals surface area (Å²) in [5, 5.41) is 3.12. The summed E-state index contributed by atoms with van der Waals surface area (Å²) < 4.78 is 0. The van der Waals surface area contributed by atoms with E-state index in [4.69, 9.17) is 0 Å². The van der Waals surface area contributed by atoms with Gasteiger partial charge in [-0.3, -0.25) is 0 Å². The average molecular weight is 197 g/mol. The van der Waals surface area contributed by atoms with Crippen molar-refractivity contribution in [3.05, 3.63) is 37.0 Å². The lowest BCUT2D eigenvalue weighted by Gasteiger charge is -1.98. The highest BCUT2D eigenvalue weighted by molar-refractivity contribution is 5.17. The molecule has 0 aliphatic rings. The maximum absolute atomic E-state index is 3.12. The summed E-state index contributed by atoms with van der Waals surface area (Å²) in [4.78, 5) is 0. The molecule has 0 aromatic heterocycles. The number of rotatable bonds is 4. The maximum atomic E-state index is 3.12. The van der Waals surface area contributed by atoms with Gasteiger partial charge in [-0.2, -0.15) is 0 Å². The van der Waals surface area contributed by atoms with E-state index in [2.05, 4.69) is 43.6 Å². The Hall–Kier alpha value is -0.820. The molecule has 0 aliphatic carbocycles. The first-order valence-electron chi connectivity index (χ1n) is 5.27. The molecule has 0 aromatic carbocycles. The largest absolute Gasteiger partial charge is 0.319 e. The Morgan fingerprint density at radius 1 is 1.21 bits per heavy atom. The van der Waals surface area contributed by atoms with Gasteiger partial charge in [-0.1, -0.05) is 37.6 Å². The van der Waals surface area contributed by atoms with Crippen LogP contribution in [-0.2, 0) is 0 Å². The van der Waals surface area contributed by atoms with Crippen molar-refractivity contribution in [3.8, 4) is 0 Å². The van der Waals surface area contributed by atoms with Crippen molar-refractivity contribution in [1.29, 1.82) is 0 Å². The van der Waals surface area contributed by atoms with Gasteiger partial charge in [0.25, 0.3) is 0 Å². The molecule has 0 saturated carbocycles. The van der Waals surface area contributed by atoms with Gasteiger partial charge in [-0.15, -0.1) is 13.2 Å². The van der Waals surface area contributed by atoms with Gasteiger partial charge < -0.3 is 5.32 Å². The van der Waals surface area contributed by atoms with Crippen LogP contribution in [-0.4, -0.2) is 13.6 Å². The predicted molar refractivity (Wildman–Crippen MR) is 69.7 cm³/mol. The van der Waals surface area contributed by atoms with Crippen LogP contribution < -0.4 is 5.32 Å². The van der Waals surface area contributed by atoms with Gasteiger partial charge in [-0.05, 0) is 33.9 Å². The molecule has 0 aliphatic heterocycles. The van der Waals surface area contributed by atoms with Crippen LogP contribution in [0.4, 0.5) is 0 Å². The minimum Gasteiger partial charge on any atom is -0.319 e. The fourth-order valence-electron chi connectivity index (χ4n) is 0.807. The van der Waals surface area contributed by atoms with E-state index in [9.17, 15) is 0 Å². The van der Waals surface area contributed by atoms with Crippen molar-refractivity contribution in [2.45, 2.75) is 34.1 Å². The summed E-state index contributed by atoms with van der Waals surface area (Å²) in [6.45, 7) is 15.2. The monoisotopic (exact) mass is 197 g/mol. The third-order valence-electron chi connectivity index (χ3n) is 1.42. The third-order valence-corrected chi connectivity index (χ3v) is 1.42. The Kier molecular flexibility index (Phi) is 30.7. The zero-order valence-electron chi connectivity index (χ0n) is 10.6. The molecule has 1 N–H and O–H groups in total. The smallest absolute Gasteiger partial charge is 0.00115 e. The lowest BCUT2D eigenvalue weighted by atomic mass is 10.1. The zero-order chi connectivity index (χ0) is 11.8. The zero-order valence-corrected chi connectivity index (χ0v) is 10.6. The van der Waals surface area contributed by atoms with Crippen molar-refractivity contribution in [2.24, 2.45) is 0 Å². The number of hydrogen-bond acceptors (Lipinski definition) is 1. The van der Waals surface area contributed by atoms with E-state index >= 15 is 0 Å².